The van der Waals surface area contributed by atoms with E-state index in [0.717, 1.165) is 16.7 Å². The molecule has 0 aliphatic rings. The van der Waals surface area contributed by atoms with Gasteiger partial charge in [0, 0.05) is 5.39 Å². The second kappa shape index (κ2) is 10.0. The average molecular weight is 445 g/mol. The predicted molar refractivity (Wildman–Crippen MR) is 123 cm³/mol. The molecule has 0 aliphatic carbocycles. The molecule has 2 N–H and O–H groups in total. The normalized spacial score (nSPS) is 11.8. The molecule has 0 bridgehead atoms. The van der Waals surface area contributed by atoms with Crippen LogP contribution in [0.5, 0.6) is 5.75 Å². The van der Waals surface area contributed by atoms with E-state index in [4.69, 9.17) is 13.9 Å². The first-order chi connectivity index (χ1) is 16.0. The molecule has 0 fully saturated rings. The van der Waals surface area contributed by atoms with Crippen LogP contribution < -0.4 is 10.1 Å². The van der Waals surface area contributed by atoms with Crippen LogP contribution in [-0.2, 0) is 16.1 Å². The number of amides is 1. The summed E-state index contributed by atoms with van der Waals surface area (Å²) in [5.74, 6) is -1.19. The molecule has 4 aromatic rings. The third-order valence-corrected chi connectivity index (χ3v) is 5.19. The Morgan fingerprint density at radius 2 is 1.76 bits per heavy atom. The van der Waals surface area contributed by atoms with Crippen LogP contribution in [-0.4, -0.2) is 36.7 Å². The van der Waals surface area contributed by atoms with Crippen molar-refractivity contribution in [2.24, 2.45) is 0 Å². The fourth-order valence-corrected chi connectivity index (χ4v) is 3.50. The third kappa shape index (κ3) is 5.22. The lowest BCUT2D eigenvalue weighted by atomic mass is 10.0. The van der Waals surface area contributed by atoms with Crippen LogP contribution >= 0.6 is 0 Å². The van der Waals surface area contributed by atoms with Crippen molar-refractivity contribution < 1.29 is 28.6 Å². The Labute approximate surface area is 190 Å². The van der Waals surface area contributed by atoms with Crippen molar-refractivity contribution in [2.45, 2.75) is 12.6 Å². The van der Waals surface area contributed by atoms with Crippen LogP contribution in [0.4, 0.5) is 0 Å². The van der Waals surface area contributed by atoms with Gasteiger partial charge < -0.3 is 24.3 Å². The van der Waals surface area contributed by atoms with Gasteiger partial charge in [-0.15, -0.1) is 0 Å². The van der Waals surface area contributed by atoms with Crippen molar-refractivity contribution in [3.8, 4) is 16.9 Å². The second-order valence-electron chi connectivity index (χ2n) is 7.42. The van der Waals surface area contributed by atoms with Crippen LogP contribution in [0.15, 0.2) is 83.3 Å². The lowest BCUT2D eigenvalue weighted by molar-refractivity contribution is -0.141. The standard InChI is InChI=1S/C26H23NO6/c1-31-20-11-12-23-19(13-20)14-24(33-23)25(28)27-22(26(29)30)16-32-15-18-9-5-6-10-21(18)17-7-3-2-4-8-17/h2-14,22H,15-16H2,1H3,(H,27,28)(H,29,30). The molecule has 0 spiro atoms. The van der Waals surface area contributed by atoms with Gasteiger partial charge in [0.15, 0.2) is 11.8 Å². The molecule has 1 atom stereocenters. The van der Waals surface area contributed by atoms with Crippen LogP contribution in [0.25, 0.3) is 22.1 Å². The molecule has 1 heterocycles. The number of benzene rings is 3. The molecule has 1 aromatic heterocycles. The number of rotatable bonds is 9. The Morgan fingerprint density at radius 3 is 2.52 bits per heavy atom. The highest BCUT2D eigenvalue weighted by molar-refractivity contribution is 5.98. The van der Waals surface area contributed by atoms with Crippen molar-refractivity contribution >= 4 is 22.8 Å². The summed E-state index contributed by atoms with van der Waals surface area (Å²) in [6.45, 7) is 0.00734. The van der Waals surface area contributed by atoms with Crippen LogP contribution in [0.2, 0.25) is 0 Å². The summed E-state index contributed by atoms with van der Waals surface area (Å²) in [7, 11) is 1.55. The summed E-state index contributed by atoms with van der Waals surface area (Å²) in [5, 5.41) is 12.7. The van der Waals surface area contributed by atoms with Gasteiger partial charge in [0.2, 0.25) is 0 Å². The van der Waals surface area contributed by atoms with Gasteiger partial charge in [0.25, 0.3) is 5.91 Å². The maximum absolute atomic E-state index is 12.6. The molecule has 0 saturated carbocycles. The Hall–Kier alpha value is -4.10. The zero-order valence-electron chi connectivity index (χ0n) is 18.0. The van der Waals surface area contributed by atoms with Gasteiger partial charge in [-0.2, -0.15) is 0 Å². The van der Waals surface area contributed by atoms with Gasteiger partial charge in [-0.1, -0.05) is 54.6 Å². The monoisotopic (exact) mass is 445 g/mol. The summed E-state index contributed by atoms with van der Waals surface area (Å²) in [5.41, 5.74) is 3.47. The van der Waals surface area contributed by atoms with E-state index in [9.17, 15) is 14.7 Å². The fraction of sp³-hybridized carbons (Fsp3) is 0.154. The number of carboxylic acids is 1. The predicted octanol–water partition coefficient (Wildman–Crippen LogP) is 4.51. The summed E-state index contributed by atoms with van der Waals surface area (Å²) >= 11 is 0. The Bertz CT molecular complexity index is 1260. The number of nitrogens with one attached hydrogen (secondary N) is 1. The van der Waals surface area contributed by atoms with Crippen molar-refractivity contribution in [2.75, 3.05) is 13.7 Å². The Balaban J connectivity index is 1.41. The lowest BCUT2D eigenvalue weighted by Gasteiger charge is -2.15. The smallest absolute Gasteiger partial charge is 0.328 e. The van der Waals surface area contributed by atoms with E-state index in [1.165, 1.54) is 0 Å². The highest BCUT2D eigenvalue weighted by Gasteiger charge is 2.23. The van der Waals surface area contributed by atoms with Crippen molar-refractivity contribution in [3.05, 3.63) is 90.2 Å². The number of carbonyl (C=O) groups is 2. The highest BCUT2D eigenvalue weighted by atomic mass is 16.5. The van der Waals surface area contributed by atoms with E-state index in [1.54, 1.807) is 31.4 Å². The summed E-state index contributed by atoms with van der Waals surface area (Å²) < 4.78 is 16.4. The first-order valence-corrected chi connectivity index (χ1v) is 10.4. The number of carboxylic acid groups (broad SMARTS) is 1. The van der Waals surface area contributed by atoms with E-state index in [-0.39, 0.29) is 19.0 Å². The summed E-state index contributed by atoms with van der Waals surface area (Å²) in [6.07, 6.45) is 0. The van der Waals surface area contributed by atoms with Gasteiger partial charge in [-0.05, 0) is 41.0 Å². The molecule has 1 unspecified atom stereocenters. The van der Waals surface area contributed by atoms with Gasteiger partial charge in [-0.3, -0.25) is 4.79 Å². The summed E-state index contributed by atoms with van der Waals surface area (Å²) in [6, 6.07) is 23.1. The van der Waals surface area contributed by atoms with Crippen molar-refractivity contribution in [1.29, 1.82) is 0 Å². The molecule has 7 heteroatoms. The zero-order chi connectivity index (χ0) is 23.2. The number of methoxy groups -OCH3 is 1. The molecule has 1 amide bonds. The number of ether oxygens (including phenoxy) is 2. The van der Waals surface area contributed by atoms with Crippen molar-refractivity contribution in [3.63, 3.8) is 0 Å². The Morgan fingerprint density at radius 1 is 1.00 bits per heavy atom. The van der Waals surface area contributed by atoms with E-state index in [0.29, 0.717) is 16.7 Å². The number of fused-ring (bicyclic) bond motifs is 1. The van der Waals surface area contributed by atoms with E-state index in [2.05, 4.69) is 5.32 Å². The molecular weight excluding hydrogens is 422 g/mol. The number of furan rings is 1. The minimum atomic E-state index is -1.23. The zero-order valence-corrected chi connectivity index (χ0v) is 18.0. The fourth-order valence-electron chi connectivity index (χ4n) is 3.50. The molecule has 7 nitrogen and oxygen atoms in total. The minimum Gasteiger partial charge on any atom is -0.497 e. The van der Waals surface area contributed by atoms with E-state index in [1.807, 2.05) is 54.6 Å². The molecule has 4 rings (SSSR count). The first kappa shape index (κ1) is 22.1. The van der Waals surface area contributed by atoms with Gasteiger partial charge >= 0.3 is 5.97 Å². The quantitative estimate of drug-likeness (QED) is 0.393. The van der Waals surface area contributed by atoms with E-state index >= 15 is 0 Å². The maximum Gasteiger partial charge on any atom is 0.328 e. The number of aliphatic carboxylic acids is 1. The summed E-state index contributed by atoms with van der Waals surface area (Å²) in [4.78, 5) is 24.3. The molecule has 0 aliphatic heterocycles. The van der Waals surface area contributed by atoms with Crippen molar-refractivity contribution in [1.82, 2.24) is 5.32 Å². The molecular formula is C26H23NO6. The number of carbonyl (C=O) groups excluding carboxylic acids is 1. The van der Waals surface area contributed by atoms with Crippen LogP contribution in [0.3, 0.4) is 0 Å². The van der Waals surface area contributed by atoms with Gasteiger partial charge in [-0.25, -0.2) is 4.79 Å². The topological polar surface area (TPSA) is 98.0 Å². The Kier molecular flexibility index (Phi) is 6.71. The average Bonchev–Trinajstić information content (AvgIpc) is 3.27. The second-order valence-corrected chi connectivity index (χ2v) is 7.42. The van der Waals surface area contributed by atoms with Crippen LogP contribution in [0.1, 0.15) is 16.1 Å². The minimum absolute atomic E-state index is 0.0129. The maximum atomic E-state index is 12.6. The molecule has 0 saturated heterocycles. The SMILES string of the molecule is COc1ccc2oc(C(=O)NC(COCc3ccccc3-c3ccccc3)C(=O)O)cc2c1. The molecule has 33 heavy (non-hydrogen) atoms. The van der Waals surface area contributed by atoms with Gasteiger partial charge in [0.1, 0.15) is 11.3 Å². The van der Waals surface area contributed by atoms with Crippen LogP contribution in [0, 0.1) is 0 Å². The highest BCUT2D eigenvalue weighted by Crippen LogP contribution is 2.25. The number of hydrogen-bond acceptors (Lipinski definition) is 5. The third-order valence-electron chi connectivity index (χ3n) is 5.19. The van der Waals surface area contributed by atoms with E-state index < -0.39 is 17.9 Å². The van der Waals surface area contributed by atoms with Gasteiger partial charge in [0.05, 0.1) is 20.3 Å². The molecule has 3 aromatic carbocycles. The number of hydrogen-bond donors (Lipinski definition) is 2. The lowest BCUT2D eigenvalue weighted by Crippen LogP contribution is -2.43. The largest absolute Gasteiger partial charge is 0.497 e. The molecule has 168 valence electrons. The first-order valence-electron chi connectivity index (χ1n) is 10.4. The molecule has 0 radical (unpaired) electrons.